The zero-order valence-corrected chi connectivity index (χ0v) is 50.2. The fraction of sp³-hybridized carbons (Fsp3) is 0.641. The number of ketones is 1. The Morgan fingerprint density at radius 3 is 1.71 bits per heavy atom. The molecule has 1 aliphatic heterocycles. The van der Waals surface area contributed by atoms with Crippen molar-refractivity contribution in [1.82, 2.24) is 5.32 Å². The highest BCUT2D eigenvalue weighted by Gasteiger charge is 2.62. The Kier molecular flexibility index (Phi) is 26.9. The van der Waals surface area contributed by atoms with Gasteiger partial charge in [-0.05, 0) is 102 Å². The minimum atomic E-state index is -5.39. The van der Waals surface area contributed by atoms with Crippen molar-refractivity contribution < 1.29 is 57.0 Å². The van der Waals surface area contributed by atoms with E-state index in [1.807, 2.05) is 39.1 Å². The summed E-state index contributed by atoms with van der Waals surface area (Å²) in [6.45, 7) is 9.17. The number of aryl methyl sites for hydroxylation is 2. The van der Waals surface area contributed by atoms with Crippen molar-refractivity contribution >= 4 is 57.9 Å². The molecule has 0 saturated carbocycles. The van der Waals surface area contributed by atoms with Gasteiger partial charge in [0.05, 0.1) is 13.0 Å². The van der Waals surface area contributed by atoms with Crippen molar-refractivity contribution in [3.05, 3.63) is 96.1 Å². The molecule has 15 heteroatoms. The molecule has 0 spiro atoms. The highest BCUT2D eigenvalue weighted by atomic mass is 32.3. The number of Topliss-reactive ketones (excluding diaryl/α,β-unsaturated/α-hetero) is 1. The molecule has 1 heterocycles. The number of nitrogens with one attached hydrogen (secondary N) is 1. The number of fused-ring (bicyclic) bond motifs is 2. The topological polar surface area (TPSA) is 195 Å². The van der Waals surface area contributed by atoms with Gasteiger partial charge in [-0.2, -0.15) is 8.42 Å². The second-order valence-corrected chi connectivity index (χ2v) is 29.3. The summed E-state index contributed by atoms with van der Waals surface area (Å²) in [5, 5.41) is 31.4. The molecule has 13 nitrogen and oxygen atoms in total. The Bertz CT molecular complexity index is 2620. The number of aliphatic hydroxyl groups excluding tert-OH is 1. The lowest BCUT2D eigenvalue weighted by atomic mass is 9.77. The zero-order valence-electron chi connectivity index (χ0n) is 49.4. The molecule has 0 radical (unpaired) electrons. The number of benzene rings is 4. The smallest absolute Gasteiger partial charge is 0.397 e. The predicted molar refractivity (Wildman–Crippen MR) is 319 cm³/mol. The van der Waals surface area contributed by atoms with E-state index in [1.54, 1.807) is 0 Å². The zero-order chi connectivity index (χ0) is 58.0. The minimum absolute atomic E-state index is 0.00994. The summed E-state index contributed by atoms with van der Waals surface area (Å²) in [5.74, 6) is -2.14. The quantitative estimate of drug-likeness (QED) is 0.0144. The van der Waals surface area contributed by atoms with Gasteiger partial charge in [0.25, 0.3) is 0 Å². The lowest BCUT2D eigenvalue weighted by molar-refractivity contribution is -0.273. The van der Waals surface area contributed by atoms with Crippen LogP contribution in [0.2, 0.25) is 18.1 Å². The molecule has 1 aliphatic rings. The summed E-state index contributed by atoms with van der Waals surface area (Å²) < 4.78 is 66.9. The Labute approximate surface area is 476 Å². The van der Waals surface area contributed by atoms with E-state index in [1.165, 1.54) is 58.4 Å². The summed E-state index contributed by atoms with van der Waals surface area (Å²) in [7, 11) is -8.19. The van der Waals surface area contributed by atoms with Gasteiger partial charge in [0.15, 0.2) is 26.0 Å². The van der Waals surface area contributed by atoms with Crippen LogP contribution < -0.4 is 5.32 Å². The normalized spacial score (nSPS) is 19.6. The number of rotatable bonds is 38. The van der Waals surface area contributed by atoms with Crippen LogP contribution in [0.4, 0.5) is 0 Å². The molecular formula is C64H97NO12SSi. The van der Waals surface area contributed by atoms with E-state index in [2.05, 4.69) is 85.0 Å². The lowest BCUT2D eigenvalue weighted by Crippen LogP contribution is -2.75. The Morgan fingerprint density at radius 1 is 0.709 bits per heavy atom. The second-order valence-electron chi connectivity index (χ2n) is 23.5. The van der Waals surface area contributed by atoms with Crippen LogP contribution >= 0.6 is 0 Å². The number of ether oxygens (including phenoxy) is 2. The maximum absolute atomic E-state index is 14.6. The molecule has 1 unspecified atom stereocenters. The molecule has 5 rings (SSSR count). The van der Waals surface area contributed by atoms with Crippen molar-refractivity contribution in [1.29, 1.82) is 0 Å². The van der Waals surface area contributed by atoms with Crippen molar-refractivity contribution in [2.24, 2.45) is 0 Å². The van der Waals surface area contributed by atoms with E-state index in [-0.39, 0.29) is 26.2 Å². The lowest BCUT2D eigenvalue weighted by Gasteiger charge is -2.49. The third-order valence-corrected chi connectivity index (χ3v) is 20.9. The van der Waals surface area contributed by atoms with Crippen LogP contribution in [0, 0.1) is 0 Å². The van der Waals surface area contributed by atoms with E-state index in [0.717, 1.165) is 96.3 Å². The van der Waals surface area contributed by atoms with Gasteiger partial charge in [-0.15, -0.1) is 0 Å². The van der Waals surface area contributed by atoms with Crippen LogP contribution in [0.5, 0.6) is 0 Å². The molecule has 4 aromatic rings. The molecule has 0 bridgehead atoms. The maximum atomic E-state index is 14.6. The summed E-state index contributed by atoms with van der Waals surface area (Å²) in [6, 6.07) is 27.8. The first-order valence-electron chi connectivity index (χ1n) is 30.6. The summed E-state index contributed by atoms with van der Waals surface area (Å²) in [4.78, 5) is 42.3. The Morgan fingerprint density at radius 2 is 1.19 bits per heavy atom. The Balaban J connectivity index is 1.22. The number of carbonyl (C=O) groups excluding carboxylic acids is 3. The van der Waals surface area contributed by atoms with Crippen LogP contribution in [0.3, 0.4) is 0 Å². The molecule has 79 heavy (non-hydrogen) atoms. The molecule has 4 N–H and O–H groups in total. The van der Waals surface area contributed by atoms with Gasteiger partial charge in [-0.25, -0.2) is 4.18 Å². The first-order chi connectivity index (χ1) is 38.3. The first kappa shape index (κ1) is 64.1. The molecule has 6 atom stereocenters. The van der Waals surface area contributed by atoms with Crippen LogP contribution in [-0.2, 0) is 55.7 Å². The fourth-order valence-electron chi connectivity index (χ4n) is 10.6. The standard InChI is InChI=1S/C64H97NO12SSi/c1-7-8-9-10-11-12-13-20-25-38-55(75-59(68)40-27-22-17-15-19-24-33-50-42-44-52-35-29-31-37-54(52)46-50)47-58(67)65-60-62(69)76-56(48-74-79(5,6)63(2,3)4)61(77-78(71,72)73)64(60,70)57(66)39-26-21-16-14-18-23-32-49-41-43-51-34-28-30-36-53(51)45-49/h28-31,34-37,41-46,55-56,60-62,69-70H,7-27,32-33,38-40,47-48H2,1-6H3,(H,65,67)(H,71,72,73)/t55-,56+,60-,61+,62?,64+/m0/s1/i2D. The molecule has 0 aromatic heterocycles. The van der Waals surface area contributed by atoms with Crippen LogP contribution in [0.15, 0.2) is 84.9 Å². The van der Waals surface area contributed by atoms with Crippen molar-refractivity contribution in [2.75, 3.05) is 6.61 Å². The Hall–Kier alpha value is -4.06. The van der Waals surface area contributed by atoms with Crippen LogP contribution in [0.1, 0.15) is 201 Å². The molecule has 1 saturated heterocycles. The van der Waals surface area contributed by atoms with Gasteiger partial charge in [0, 0.05) is 14.2 Å². The van der Waals surface area contributed by atoms with E-state index >= 15 is 0 Å². The van der Waals surface area contributed by atoms with Crippen LogP contribution in [0.25, 0.3) is 21.5 Å². The average molecular weight is 1130 g/mol. The van der Waals surface area contributed by atoms with E-state index in [0.29, 0.717) is 32.1 Å². The van der Waals surface area contributed by atoms with Gasteiger partial charge in [-0.1, -0.05) is 215 Å². The maximum Gasteiger partial charge on any atom is 0.397 e. The molecular weight excluding hydrogens is 1030 g/mol. The summed E-state index contributed by atoms with van der Waals surface area (Å²) >= 11 is 0. The number of esters is 1. The van der Waals surface area contributed by atoms with Gasteiger partial charge in [-0.3, -0.25) is 18.9 Å². The van der Waals surface area contributed by atoms with Gasteiger partial charge >= 0.3 is 16.4 Å². The molecule has 440 valence electrons. The van der Waals surface area contributed by atoms with Crippen LogP contribution in [-0.4, -0.2) is 92.0 Å². The van der Waals surface area contributed by atoms with Gasteiger partial charge in [0.2, 0.25) is 5.91 Å². The number of hydrogen-bond donors (Lipinski definition) is 4. The number of hydrogen-bond acceptors (Lipinski definition) is 11. The molecule has 1 amide bonds. The summed E-state index contributed by atoms with van der Waals surface area (Å²) in [6.07, 6.45) is 15.0. The molecule has 4 aromatic carbocycles. The fourth-order valence-corrected chi connectivity index (χ4v) is 12.1. The van der Waals surface area contributed by atoms with E-state index in [4.69, 9.17) is 19.5 Å². The van der Waals surface area contributed by atoms with Crippen molar-refractivity contribution in [3.8, 4) is 0 Å². The molecule has 0 aliphatic carbocycles. The minimum Gasteiger partial charge on any atom is -0.462 e. The second kappa shape index (κ2) is 33.1. The van der Waals surface area contributed by atoms with Gasteiger partial charge in [0.1, 0.15) is 24.4 Å². The van der Waals surface area contributed by atoms with Crippen molar-refractivity contribution in [3.63, 3.8) is 0 Å². The van der Waals surface area contributed by atoms with E-state index < -0.39 is 84.3 Å². The highest BCUT2D eigenvalue weighted by Crippen LogP contribution is 2.39. The number of unbranched alkanes of at least 4 members (excludes halogenated alkanes) is 18. The van der Waals surface area contributed by atoms with E-state index in [9.17, 15) is 37.6 Å². The largest absolute Gasteiger partial charge is 0.462 e. The highest BCUT2D eigenvalue weighted by molar-refractivity contribution is 7.80. The summed E-state index contributed by atoms with van der Waals surface area (Å²) in [5.41, 5.74) is -0.350. The van der Waals surface area contributed by atoms with Crippen molar-refractivity contribution in [2.45, 2.75) is 255 Å². The SMILES string of the molecule is [2H]CC(C)(C)[Si](C)(C)OC[C@H]1OC(O)[C@H](NC(=O)C[C@H](CCCCCCCCCCC)OC(=O)CCCCCCCCc2ccc3ccccc3c2)[C@](O)(C(=O)CCCCCCCCc2ccc3ccccc3c2)[C@@H]1OS(=O)(=O)O. The third-order valence-electron chi connectivity index (χ3n) is 16.3. The average Bonchev–Trinajstić information content (AvgIpc) is 3.63. The molecule has 1 fully saturated rings. The monoisotopic (exact) mass is 1130 g/mol. The van der Waals surface area contributed by atoms with Gasteiger partial charge < -0.3 is 29.4 Å². The number of aliphatic hydroxyl groups is 2. The number of carbonyl (C=O) groups is 3. The first-order valence-corrected chi connectivity index (χ1v) is 34.2. The predicted octanol–water partition coefficient (Wildman–Crippen LogP) is 14.2. The number of amides is 1. The third kappa shape index (κ3) is 22.3.